The Labute approximate surface area is 124 Å². The summed E-state index contributed by atoms with van der Waals surface area (Å²) in [6.07, 6.45) is 2.17. The third kappa shape index (κ3) is 3.11. The van der Waals surface area contributed by atoms with Crippen LogP contribution >= 0.6 is 15.9 Å². The Morgan fingerprint density at radius 2 is 2.20 bits per heavy atom. The summed E-state index contributed by atoms with van der Waals surface area (Å²) in [6.45, 7) is 2.34. The van der Waals surface area contributed by atoms with E-state index >= 15 is 0 Å². The molecule has 1 aromatic carbocycles. The zero-order chi connectivity index (χ0) is 14.5. The van der Waals surface area contributed by atoms with Gasteiger partial charge in [-0.15, -0.1) is 0 Å². The molecule has 0 saturated carbocycles. The monoisotopic (exact) mass is 337 g/mol. The predicted octanol–water partition coefficient (Wildman–Crippen LogP) is 3.04. The van der Waals surface area contributed by atoms with Crippen molar-refractivity contribution in [3.05, 3.63) is 27.7 Å². The van der Waals surface area contributed by atoms with Crippen LogP contribution in [0, 0.1) is 11.3 Å². The van der Waals surface area contributed by atoms with Crippen LogP contribution in [-0.4, -0.2) is 19.4 Å². The topological polar surface area (TPSA) is 68.6 Å². The van der Waals surface area contributed by atoms with Gasteiger partial charge >= 0.3 is 5.97 Å². The lowest BCUT2D eigenvalue weighted by molar-refractivity contribution is -0.138. The van der Waals surface area contributed by atoms with E-state index in [1.807, 2.05) is 13.0 Å². The predicted molar refractivity (Wildman–Crippen MR) is 75.1 cm³/mol. The first-order valence-electron chi connectivity index (χ1n) is 6.03. The first kappa shape index (κ1) is 14.4. The maximum atomic E-state index is 11.7. The number of esters is 1. The molecule has 0 atom stereocenters. The summed E-state index contributed by atoms with van der Waals surface area (Å²) < 4.78 is 16.2. The summed E-state index contributed by atoms with van der Waals surface area (Å²) in [7, 11) is 0. The van der Waals surface area contributed by atoms with Crippen LogP contribution in [0.25, 0.3) is 6.08 Å². The van der Waals surface area contributed by atoms with E-state index in [-0.39, 0.29) is 12.4 Å². The van der Waals surface area contributed by atoms with Gasteiger partial charge in [0.2, 0.25) is 6.79 Å². The van der Waals surface area contributed by atoms with Crippen molar-refractivity contribution in [2.75, 3.05) is 13.4 Å². The number of ether oxygens (including phenoxy) is 3. The molecule has 104 valence electrons. The maximum absolute atomic E-state index is 11.7. The molecule has 0 radical (unpaired) electrons. The number of nitrogens with zero attached hydrogens (tertiary/aromatic N) is 1. The average molecular weight is 338 g/mol. The van der Waals surface area contributed by atoms with Gasteiger partial charge in [-0.1, -0.05) is 22.9 Å². The number of carbonyl (C=O) groups is 1. The lowest BCUT2D eigenvalue weighted by Crippen LogP contribution is -2.07. The maximum Gasteiger partial charge on any atom is 0.348 e. The molecule has 0 spiro atoms. The van der Waals surface area contributed by atoms with Crippen LogP contribution in [-0.2, 0) is 9.53 Å². The Balaban J connectivity index is 2.28. The van der Waals surface area contributed by atoms with Gasteiger partial charge in [-0.2, -0.15) is 5.26 Å². The number of hydrogen-bond donors (Lipinski definition) is 0. The highest BCUT2D eigenvalue weighted by Gasteiger charge is 2.17. The van der Waals surface area contributed by atoms with Crippen molar-refractivity contribution >= 4 is 28.0 Å². The van der Waals surface area contributed by atoms with Crippen LogP contribution in [0.5, 0.6) is 11.5 Å². The largest absolute Gasteiger partial charge is 0.462 e. The second-order valence-electron chi connectivity index (χ2n) is 4.03. The quantitative estimate of drug-likeness (QED) is 0.479. The van der Waals surface area contributed by atoms with Crippen molar-refractivity contribution in [2.45, 2.75) is 13.3 Å². The SMILES string of the molecule is CCCOC(=O)/C(C#N)=C\c1cc2c(cc1Br)OCO2. The molecular weight excluding hydrogens is 326 g/mol. The van der Waals surface area contributed by atoms with Gasteiger partial charge in [-0.25, -0.2) is 4.79 Å². The molecule has 1 aliphatic rings. The fraction of sp³-hybridized carbons (Fsp3) is 0.286. The van der Waals surface area contributed by atoms with Gasteiger partial charge in [0, 0.05) is 4.47 Å². The molecule has 0 aromatic heterocycles. The Kier molecular flexibility index (Phi) is 4.64. The van der Waals surface area contributed by atoms with E-state index in [2.05, 4.69) is 15.9 Å². The lowest BCUT2D eigenvalue weighted by atomic mass is 10.1. The summed E-state index contributed by atoms with van der Waals surface area (Å²) in [5, 5.41) is 9.05. The van der Waals surface area contributed by atoms with Crippen LogP contribution in [0.3, 0.4) is 0 Å². The first-order valence-corrected chi connectivity index (χ1v) is 6.83. The van der Waals surface area contributed by atoms with Gasteiger partial charge in [-0.05, 0) is 30.2 Å². The highest BCUT2D eigenvalue weighted by Crippen LogP contribution is 2.37. The molecule has 0 bridgehead atoms. The van der Waals surface area contributed by atoms with Gasteiger partial charge in [0.25, 0.3) is 0 Å². The number of nitriles is 1. The molecule has 0 unspecified atom stereocenters. The number of fused-ring (bicyclic) bond motifs is 1. The van der Waals surface area contributed by atoms with Crippen LogP contribution in [0.2, 0.25) is 0 Å². The molecule has 0 amide bonds. The van der Waals surface area contributed by atoms with Crippen molar-refractivity contribution in [3.63, 3.8) is 0 Å². The van der Waals surface area contributed by atoms with Gasteiger partial charge < -0.3 is 14.2 Å². The molecule has 5 nitrogen and oxygen atoms in total. The fourth-order valence-corrected chi connectivity index (χ4v) is 2.05. The van der Waals surface area contributed by atoms with E-state index in [0.717, 1.165) is 0 Å². The minimum atomic E-state index is -0.626. The van der Waals surface area contributed by atoms with E-state index < -0.39 is 5.97 Å². The van der Waals surface area contributed by atoms with Crippen LogP contribution in [0.15, 0.2) is 22.2 Å². The highest BCUT2D eigenvalue weighted by molar-refractivity contribution is 9.10. The average Bonchev–Trinajstić information content (AvgIpc) is 2.88. The molecular formula is C14H12BrNO4. The molecule has 1 aliphatic heterocycles. The van der Waals surface area contributed by atoms with E-state index in [4.69, 9.17) is 19.5 Å². The summed E-state index contributed by atoms with van der Waals surface area (Å²) >= 11 is 3.37. The van der Waals surface area contributed by atoms with Crippen molar-refractivity contribution < 1.29 is 19.0 Å². The zero-order valence-corrected chi connectivity index (χ0v) is 12.4. The second-order valence-corrected chi connectivity index (χ2v) is 4.89. The van der Waals surface area contributed by atoms with E-state index in [1.165, 1.54) is 6.08 Å². The Bertz CT molecular complexity index is 604. The Morgan fingerprint density at radius 3 is 2.85 bits per heavy atom. The summed E-state index contributed by atoms with van der Waals surface area (Å²) in [5.74, 6) is 0.582. The first-order chi connectivity index (χ1) is 9.65. The molecule has 0 aliphatic carbocycles. The van der Waals surface area contributed by atoms with E-state index in [9.17, 15) is 4.79 Å². The lowest BCUT2D eigenvalue weighted by Gasteiger charge is -2.04. The molecule has 1 heterocycles. The molecule has 20 heavy (non-hydrogen) atoms. The minimum Gasteiger partial charge on any atom is -0.462 e. The summed E-state index contributed by atoms with van der Waals surface area (Å²) in [4.78, 5) is 11.7. The minimum absolute atomic E-state index is 0.0574. The Hall–Kier alpha value is -2.00. The van der Waals surface area contributed by atoms with Crippen LogP contribution in [0.4, 0.5) is 0 Å². The fourth-order valence-electron chi connectivity index (χ4n) is 1.61. The molecule has 0 saturated heterocycles. The van der Waals surface area contributed by atoms with Gasteiger partial charge in [-0.3, -0.25) is 0 Å². The van der Waals surface area contributed by atoms with Crippen LogP contribution in [0.1, 0.15) is 18.9 Å². The van der Waals surface area contributed by atoms with Crippen molar-refractivity contribution in [1.29, 1.82) is 5.26 Å². The Morgan fingerprint density at radius 1 is 1.50 bits per heavy atom. The van der Waals surface area contributed by atoms with Gasteiger partial charge in [0.15, 0.2) is 11.5 Å². The normalized spacial score (nSPS) is 12.9. The number of halogens is 1. The smallest absolute Gasteiger partial charge is 0.348 e. The summed E-state index contributed by atoms with van der Waals surface area (Å²) in [6, 6.07) is 5.29. The summed E-state index contributed by atoms with van der Waals surface area (Å²) in [5.41, 5.74) is 0.595. The number of hydrogen-bond acceptors (Lipinski definition) is 5. The third-order valence-corrected chi connectivity index (χ3v) is 3.26. The van der Waals surface area contributed by atoms with Crippen molar-refractivity contribution in [3.8, 4) is 17.6 Å². The third-order valence-electron chi connectivity index (χ3n) is 2.57. The molecule has 1 aromatic rings. The van der Waals surface area contributed by atoms with Gasteiger partial charge in [0.05, 0.1) is 6.61 Å². The highest BCUT2D eigenvalue weighted by atomic mass is 79.9. The zero-order valence-electron chi connectivity index (χ0n) is 10.8. The van der Waals surface area contributed by atoms with Crippen LogP contribution < -0.4 is 9.47 Å². The van der Waals surface area contributed by atoms with Crippen molar-refractivity contribution in [1.82, 2.24) is 0 Å². The molecule has 6 heteroatoms. The second kappa shape index (κ2) is 6.44. The molecule has 2 rings (SSSR count). The van der Waals surface area contributed by atoms with Crippen molar-refractivity contribution in [2.24, 2.45) is 0 Å². The number of rotatable bonds is 4. The standard InChI is InChI=1S/C14H12BrNO4/c1-2-3-18-14(17)10(7-16)4-9-5-12-13(6-11(9)15)20-8-19-12/h4-6H,2-3,8H2,1H3/b10-4-. The number of carbonyl (C=O) groups excluding carboxylic acids is 1. The number of benzene rings is 1. The van der Waals surface area contributed by atoms with E-state index in [1.54, 1.807) is 12.1 Å². The van der Waals surface area contributed by atoms with E-state index in [0.29, 0.717) is 34.6 Å². The molecule has 0 N–H and O–H groups in total. The molecule has 0 fully saturated rings. The van der Waals surface area contributed by atoms with Gasteiger partial charge in [0.1, 0.15) is 11.6 Å².